The van der Waals surface area contributed by atoms with Gasteiger partial charge in [0.15, 0.2) is 0 Å². The normalized spacial score (nSPS) is 8.75. The number of azide groups is 1. The Bertz CT molecular complexity index is 508. The molecule has 2 rings (SSSR count). The van der Waals surface area contributed by atoms with Gasteiger partial charge in [-0.2, -0.15) is 0 Å². The zero-order valence-corrected chi connectivity index (χ0v) is 11.5. The van der Waals surface area contributed by atoms with Gasteiger partial charge >= 0.3 is 0 Å². The Hall–Kier alpha value is -1.77. The van der Waals surface area contributed by atoms with Crippen molar-refractivity contribution in [3.8, 4) is 11.4 Å². The predicted octanol–water partition coefficient (Wildman–Crippen LogP) is 3.08. The van der Waals surface area contributed by atoms with Crippen LogP contribution in [0, 0.1) is 0 Å². The number of hydrogen-bond donors (Lipinski definition) is 0. The van der Waals surface area contributed by atoms with Crippen molar-refractivity contribution in [3.63, 3.8) is 0 Å². The predicted molar refractivity (Wildman–Crippen MR) is 56.3 cm³/mol. The molecule has 2 heterocycles. The van der Waals surface area contributed by atoms with Gasteiger partial charge in [-0.05, 0) is 29.8 Å². The van der Waals surface area contributed by atoms with Crippen LogP contribution in [0.4, 0.5) is 5.69 Å². The Morgan fingerprint density at radius 2 is 1.88 bits per heavy atom. The van der Waals surface area contributed by atoms with E-state index in [1.165, 1.54) is 0 Å². The van der Waals surface area contributed by atoms with Crippen LogP contribution < -0.4 is 0 Å². The third kappa shape index (κ3) is 2.63. The van der Waals surface area contributed by atoms with Gasteiger partial charge in [-0.3, -0.25) is 9.97 Å². The van der Waals surface area contributed by atoms with E-state index in [0.717, 1.165) is 0 Å². The van der Waals surface area contributed by atoms with E-state index in [4.69, 9.17) is 5.53 Å². The number of pyridine rings is 2. The molecule has 16 heavy (non-hydrogen) atoms. The molecular weight excluding hydrogens is 256 g/mol. The molecule has 0 saturated carbocycles. The summed E-state index contributed by atoms with van der Waals surface area (Å²) in [5.74, 6) is 0. The Morgan fingerprint density at radius 1 is 1.06 bits per heavy atom. The summed E-state index contributed by atoms with van der Waals surface area (Å²) in [5, 5.41) is 3.56. The van der Waals surface area contributed by atoms with E-state index < -0.39 is 0 Å². The second-order valence-corrected chi connectivity index (χ2v) is 2.78. The second-order valence-electron chi connectivity index (χ2n) is 2.78. The van der Waals surface area contributed by atoms with Gasteiger partial charge in [0.2, 0.25) is 0 Å². The molecule has 2 aromatic heterocycles. The largest absolute Gasteiger partial charge is 0.255 e. The third-order valence-corrected chi connectivity index (χ3v) is 1.85. The summed E-state index contributed by atoms with van der Waals surface area (Å²) in [6.45, 7) is 0. The van der Waals surface area contributed by atoms with Crippen molar-refractivity contribution in [2.75, 3.05) is 0 Å². The summed E-state index contributed by atoms with van der Waals surface area (Å²) in [6, 6.07) is 8.92. The Labute approximate surface area is 105 Å². The quantitative estimate of drug-likeness (QED) is 0.361. The number of aromatic nitrogens is 2. The average Bonchev–Trinajstić information content (AvgIpc) is 2.31. The third-order valence-electron chi connectivity index (χ3n) is 1.85. The maximum absolute atomic E-state index is 8.40. The maximum Gasteiger partial charge on any atom is 0.0981 e. The van der Waals surface area contributed by atoms with Gasteiger partial charge in [0.05, 0.1) is 17.1 Å². The fourth-order valence-corrected chi connectivity index (χ4v) is 1.23. The molecule has 0 aliphatic heterocycles. The van der Waals surface area contributed by atoms with Crippen molar-refractivity contribution in [1.29, 1.82) is 0 Å². The van der Waals surface area contributed by atoms with Crippen LogP contribution >= 0.6 is 0 Å². The number of hydrogen-bond acceptors (Lipinski definition) is 3. The Kier molecular flexibility index (Phi) is 4.58. The molecular formula is C10H7N5Zn. The van der Waals surface area contributed by atoms with Crippen LogP contribution in [0.3, 0.4) is 0 Å². The zero-order valence-electron chi connectivity index (χ0n) is 8.48. The monoisotopic (exact) mass is 261 g/mol. The Balaban J connectivity index is 0.00000128. The standard InChI is InChI=1S/C10H7N5.Zn/c11-15-14-9-5-3-7-13-10(9)8-4-1-2-6-12-8;/h1-7H;. The van der Waals surface area contributed by atoms with Crippen LogP contribution in [0.5, 0.6) is 0 Å². The van der Waals surface area contributed by atoms with Crippen LogP contribution in [-0.2, 0) is 19.5 Å². The topological polar surface area (TPSA) is 74.5 Å². The minimum atomic E-state index is 0. The minimum absolute atomic E-state index is 0. The van der Waals surface area contributed by atoms with E-state index in [1.807, 2.05) is 18.2 Å². The molecule has 0 aliphatic rings. The molecule has 0 aliphatic carbocycles. The van der Waals surface area contributed by atoms with Crippen LogP contribution in [0.25, 0.3) is 21.8 Å². The van der Waals surface area contributed by atoms with Crippen molar-refractivity contribution in [3.05, 3.63) is 53.2 Å². The van der Waals surface area contributed by atoms with E-state index in [9.17, 15) is 0 Å². The molecule has 0 spiro atoms. The van der Waals surface area contributed by atoms with Gasteiger partial charge < -0.3 is 0 Å². The van der Waals surface area contributed by atoms with Crippen LogP contribution in [-0.4, -0.2) is 9.97 Å². The molecule has 0 aromatic carbocycles. The molecule has 5 nitrogen and oxygen atoms in total. The zero-order chi connectivity index (χ0) is 10.5. The number of nitrogens with zero attached hydrogens (tertiary/aromatic N) is 5. The maximum atomic E-state index is 8.40. The molecule has 0 unspecified atom stereocenters. The van der Waals surface area contributed by atoms with E-state index >= 15 is 0 Å². The Morgan fingerprint density at radius 3 is 2.56 bits per heavy atom. The van der Waals surface area contributed by atoms with Crippen molar-refractivity contribution in [2.45, 2.75) is 0 Å². The second kappa shape index (κ2) is 5.96. The van der Waals surface area contributed by atoms with E-state index in [0.29, 0.717) is 17.1 Å². The van der Waals surface area contributed by atoms with Crippen molar-refractivity contribution < 1.29 is 19.5 Å². The first kappa shape index (κ1) is 12.3. The van der Waals surface area contributed by atoms with Crippen molar-refractivity contribution in [1.82, 2.24) is 9.97 Å². The fourth-order valence-electron chi connectivity index (χ4n) is 1.23. The van der Waals surface area contributed by atoms with Crippen molar-refractivity contribution >= 4 is 5.69 Å². The molecule has 0 N–H and O–H groups in total. The van der Waals surface area contributed by atoms with Gasteiger partial charge in [-0.15, -0.1) is 0 Å². The van der Waals surface area contributed by atoms with Gasteiger partial charge in [-0.25, -0.2) is 0 Å². The summed E-state index contributed by atoms with van der Waals surface area (Å²) in [6.07, 6.45) is 3.31. The summed E-state index contributed by atoms with van der Waals surface area (Å²) < 4.78 is 0. The first-order chi connectivity index (χ1) is 7.42. The van der Waals surface area contributed by atoms with E-state index in [1.54, 1.807) is 24.5 Å². The summed E-state index contributed by atoms with van der Waals surface area (Å²) >= 11 is 0. The smallest absolute Gasteiger partial charge is 0.0981 e. The summed E-state index contributed by atoms with van der Waals surface area (Å²) in [4.78, 5) is 11.0. The van der Waals surface area contributed by atoms with Gasteiger partial charge in [-0.1, -0.05) is 11.2 Å². The minimum Gasteiger partial charge on any atom is -0.255 e. The van der Waals surface area contributed by atoms with Gasteiger partial charge in [0.1, 0.15) is 0 Å². The molecule has 0 amide bonds. The molecule has 0 fully saturated rings. The molecule has 74 valence electrons. The van der Waals surface area contributed by atoms with Crippen molar-refractivity contribution in [2.24, 2.45) is 5.11 Å². The SMILES string of the molecule is [N-]=[N+]=Nc1cccnc1-c1ccccn1.[Zn]. The molecule has 2 aromatic rings. The number of rotatable bonds is 2. The molecule has 0 saturated heterocycles. The van der Waals surface area contributed by atoms with Gasteiger partial charge in [0.25, 0.3) is 0 Å². The first-order valence-electron chi connectivity index (χ1n) is 4.33. The molecule has 6 heteroatoms. The van der Waals surface area contributed by atoms with Crippen LogP contribution in [0.15, 0.2) is 47.8 Å². The summed E-state index contributed by atoms with van der Waals surface area (Å²) in [7, 11) is 0. The molecule has 0 atom stereocenters. The van der Waals surface area contributed by atoms with E-state index in [-0.39, 0.29) is 19.5 Å². The van der Waals surface area contributed by atoms with Crippen LogP contribution in [0.2, 0.25) is 0 Å². The summed E-state index contributed by atoms with van der Waals surface area (Å²) in [5.41, 5.74) is 10.2. The fraction of sp³-hybridized carbons (Fsp3) is 0. The van der Waals surface area contributed by atoms with E-state index in [2.05, 4.69) is 20.0 Å². The molecule has 0 radical (unpaired) electrons. The van der Waals surface area contributed by atoms with Crippen LogP contribution in [0.1, 0.15) is 0 Å². The molecule has 0 bridgehead atoms. The van der Waals surface area contributed by atoms with Gasteiger partial charge in [0, 0.05) is 36.8 Å². The average molecular weight is 263 g/mol. The first-order valence-corrected chi connectivity index (χ1v) is 4.33.